The molecule has 27 atom stereocenters. The fraction of sp³-hybridized carbons (Fsp3) is 0.573. The van der Waals surface area contributed by atoms with Crippen LogP contribution in [0.4, 0.5) is 0 Å². The Labute approximate surface area is 836 Å². The van der Waals surface area contributed by atoms with Crippen molar-refractivity contribution in [2.24, 2.45) is 56.2 Å². The van der Waals surface area contributed by atoms with E-state index in [9.17, 15) is 78.9 Å². The third kappa shape index (κ3) is 17.1. The van der Waals surface area contributed by atoms with Gasteiger partial charge in [0.25, 0.3) is 0 Å². The highest BCUT2D eigenvalue weighted by Crippen LogP contribution is 2.70. The molecule has 0 aromatic heterocycles. The van der Waals surface area contributed by atoms with Gasteiger partial charge in [0, 0.05) is 82.0 Å². The van der Waals surface area contributed by atoms with E-state index in [0.29, 0.717) is 16.7 Å². The maximum Gasteiger partial charge on any atom is 0.338 e. The number of fused-ring (bicyclic) bond motifs is 15. The van der Waals surface area contributed by atoms with E-state index in [-0.39, 0.29) is 105 Å². The van der Waals surface area contributed by atoms with Crippen molar-refractivity contribution >= 4 is 92.1 Å². The number of allylic oxidation sites excluding steroid dienone is 1. The molecule has 17 rings (SSSR count). The first-order valence-electron chi connectivity index (χ1n) is 49.6. The van der Waals surface area contributed by atoms with Crippen molar-refractivity contribution in [3.8, 4) is 0 Å². The Morgan fingerprint density at radius 3 is 0.979 bits per heavy atom. The largest absolute Gasteiger partial charge is 0.455 e. The second-order valence-corrected chi connectivity index (χ2v) is 52.2. The zero-order valence-electron chi connectivity index (χ0n) is 85.5. The number of benzene rings is 5. The lowest BCUT2D eigenvalue weighted by Gasteiger charge is -2.68. The van der Waals surface area contributed by atoms with Crippen LogP contribution in [-0.4, -0.2) is 256 Å². The molecule has 6 bridgehead atoms. The molecule has 6 saturated carbocycles. The van der Waals surface area contributed by atoms with Crippen LogP contribution in [0.1, 0.15) is 207 Å². The zero-order valence-corrected chi connectivity index (χ0v) is 87.5. The number of hydrogen-bond acceptors (Lipinski definition) is 31. The molecule has 143 heavy (non-hydrogen) atoms. The molecule has 9 aliphatic carbocycles. The van der Waals surface area contributed by atoms with Crippen molar-refractivity contribution in [2.75, 3.05) is 19.8 Å². The van der Waals surface area contributed by atoms with E-state index < -0.39 is 251 Å². The second kappa shape index (κ2) is 38.4. The van der Waals surface area contributed by atoms with Gasteiger partial charge < -0.3 is 96.7 Å². The minimum atomic E-state index is -2.85. The number of aliphatic hydroxyl groups is 7. The summed E-state index contributed by atoms with van der Waals surface area (Å²) >= 11 is 0. The molecule has 9 fully saturated rings. The Morgan fingerprint density at radius 2 is 0.671 bits per heavy atom. The van der Waals surface area contributed by atoms with Crippen molar-refractivity contribution in [3.05, 3.63) is 202 Å². The van der Waals surface area contributed by atoms with Crippen LogP contribution in [-0.2, 0) is 99.3 Å². The molecule has 5 aromatic carbocycles. The second-order valence-electron chi connectivity index (χ2n) is 44.5. The maximum atomic E-state index is 15.9. The van der Waals surface area contributed by atoms with Crippen LogP contribution in [0.25, 0.3) is 0 Å². The molecule has 0 spiro atoms. The van der Waals surface area contributed by atoms with Crippen molar-refractivity contribution < 1.29 is 149 Å². The minimum Gasteiger partial charge on any atom is -0.455 e. The number of rotatable bonds is 19. The fourth-order valence-corrected chi connectivity index (χ4v) is 31.0. The minimum absolute atomic E-state index is 0.0228. The number of carbonyl (C=O) groups is 11. The van der Waals surface area contributed by atoms with Gasteiger partial charge in [0.1, 0.15) is 59.5 Å². The number of ether oxygens (including phenoxy) is 11. The van der Waals surface area contributed by atoms with E-state index in [0.717, 1.165) is 15.9 Å². The summed E-state index contributed by atoms with van der Waals surface area (Å²) in [6.07, 6.45) is -17.7. The molecular weight excluding hydrogens is 1870 g/mol. The maximum absolute atomic E-state index is 15.9. The Bertz CT molecular complexity index is 5640. The summed E-state index contributed by atoms with van der Waals surface area (Å²) < 4.78 is 82.3. The summed E-state index contributed by atoms with van der Waals surface area (Å²) in [5, 5.41) is 87.2. The van der Waals surface area contributed by atoms with Gasteiger partial charge in [-0.25, -0.2) is 14.4 Å². The molecule has 772 valence electrons. The summed E-state index contributed by atoms with van der Waals surface area (Å²) in [6.45, 7) is 36.9. The van der Waals surface area contributed by atoms with E-state index in [4.69, 9.17) is 61.0 Å². The molecule has 0 amide bonds. The van der Waals surface area contributed by atoms with Gasteiger partial charge in [-0.05, 0) is 155 Å². The van der Waals surface area contributed by atoms with Crippen LogP contribution >= 0.6 is 0 Å². The fourth-order valence-electron chi connectivity index (χ4n) is 26.7. The monoisotopic (exact) mass is 2010 g/mol. The predicted octanol–water partition coefficient (Wildman–Crippen LogP) is 10.7. The highest BCUT2D eigenvalue weighted by Gasteiger charge is 2.83. The molecule has 3 heterocycles. The zero-order chi connectivity index (χ0) is 105. The van der Waals surface area contributed by atoms with Crippen LogP contribution in [0.15, 0.2) is 185 Å². The lowest BCUT2D eigenvalue weighted by Crippen LogP contribution is -2.82. The van der Waals surface area contributed by atoms with Crippen LogP contribution in [0.2, 0.25) is 26.2 Å². The van der Waals surface area contributed by atoms with Crippen LogP contribution < -0.4 is 10.4 Å². The van der Waals surface area contributed by atoms with Gasteiger partial charge in [0.05, 0.1) is 101 Å². The first-order chi connectivity index (χ1) is 66.8. The van der Waals surface area contributed by atoms with Crippen molar-refractivity contribution in [1.82, 2.24) is 0 Å². The van der Waals surface area contributed by atoms with Gasteiger partial charge >= 0.3 is 47.8 Å². The van der Waals surface area contributed by atoms with Crippen LogP contribution in [0.3, 0.4) is 0 Å². The molecular formula is C110H138O31Si2. The van der Waals surface area contributed by atoms with Crippen molar-refractivity contribution in [3.63, 3.8) is 0 Å². The molecule has 7 N–H and O–H groups in total. The average molecular weight is 2010 g/mol. The summed E-state index contributed by atoms with van der Waals surface area (Å²) in [7, 11) is -5.65. The summed E-state index contributed by atoms with van der Waals surface area (Å²) in [4.78, 5) is 153. The van der Waals surface area contributed by atoms with Crippen molar-refractivity contribution in [1.29, 1.82) is 0 Å². The van der Waals surface area contributed by atoms with E-state index in [1.165, 1.54) is 39.8 Å². The quantitative estimate of drug-likeness (QED) is 0.0175. The van der Waals surface area contributed by atoms with Gasteiger partial charge in [0.15, 0.2) is 46.4 Å². The van der Waals surface area contributed by atoms with Gasteiger partial charge in [-0.2, -0.15) is 0 Å². The normalized spacial score (nSPS) is 37.2. The predicted molar refractivity (Wildman–Crippen MR) is 522 cm³/mol. The molecule has 31 nitrogen and oxygen atoms in total. The first-order valence-corrected chi connectivity index (χ1v) is 55.4. The summed E-state index contributed by atoms with van der Waals surface area (Å²) in [5.41, 5.74) is -17.0. The summed E-state index contributed by atoms with van der Waals surface area (Å²) in [6, 6.07) is 44.3. The Kier molecular flexibility index (Phi) is 28.8. The lowest BCUT2D eigenvalue weighted by atomic mass is 9.44. The first kappa shape index (κ1) is 107. The molecule has 3 saturated heterocycles. The lowest BCUT2D eigenvalue weighted by molar-refractivity contribution is -0.345. The number of carbonyl (C=O) groups excluding carboxylic acids is 11. The Hall–Kier alpha value is -9.96. The van der Waals surface area contributed by atoms with E-state index >= 15 is 9.59 Å². The third-order valence-corrected chi connectivity index (χ3v) is 40.2. The van der Waals surface area contributed by atoms with Crippen LogP contribution in [0, 0.1) is 56.2 Å². The van der Waals surface area contributed by atoms with E-state index in [1.807, 2.05) is 101 Å². The number of hydrogen-bond donors (Lipinski definition) is 7. The highest BCUT2D eigenvalue weighted by molar-refractivity contribution is 6.85. The Balaban J connectivity index is 0.000000163. The number of ketones is 3. The standard InChI is InChI=1S/C41H52O10Si.C40H50O11Si.C29H36O10/c1-10-31(43)48-33-32-25(3)24(2)22-41(46,38(32,5)6)36(49-37(45)27-17-13-11-14-18-27)34-39(7,35(33)44)29(21-30-40(34,23-47-30)50-26(4)42)51-52(8,9)28-19-15-12-16-20-28;1-9-30(43)48-32-31-23(2)27(42)21-40(46,37(31,4)5)35(49-36(45)25-16-12-10-13-17-25)33-38(6,34(32)44)28(20-29-39(33,22-47-29)50-24(3)41)51-52(7,8)26-18-14-11-15-19-26;1-14-17(31)12-29(36)24(38-25(35)16-9-7-6-8-10-16)22-27(5,23(34)21(33)20(14)26(29,3)4)18(32)11-19-28(22,13-37-19)39-15(2)30/h11-20,24,29-30,33-34,36,46H,10,21-23H2,1-9H3;10-19,27-29,32-33,35,42,46H,9,20-22H2,1-8H3;6-10,17-19,21-22,24,31-33,36H,11-13H2,1-5H3/t24-,29-,30+,33+,34-,36-,39+,40-,41+;27-,28-,29+,32+,33-,35-,38+,39-,40+;17-,18-,19+,21+,22-,24-,27+,28-,29+/m000/s1. The third-order valence-electron chi connectivity index (χ3n) is 35.0. The molecule has 0 unspecified atom stereocenters. The van der Waals surface area contributed by atoms with Gasteiger partial charge in [-0.3, -0.25) is 38.4 Å². The SMILES string of the molecule is CC(=O)O[C@@]12CO[C@@H]1C[C@H](O)[C@@]1(C)C(=O)[C@H](O)C3=C(C)[C@@H](O)C[C@@](O)([C@@H](OC(=O)c4ccccc4)[C@H]21)C3(C)C.CCC(=O)O[C@H]1C(=O)[C@]2(C)[C@@H](O[Si](C)(C)c3ccccc3)C[C@H]3OC[C@@]3(OC(C)=O)[C@H]2[C@H](OC(=O)c2ccccc2)[C@]2(O)C[C@H](C)C(C)=C1C2(C)C.CCC(=O)O[C@H]1C(=O)[C@]2(C)[C@@H](O[Si](C)(C)c3ccccc3)C[C@H]3OC[C@@]3(OC(C)=O)[C@H]2[C@H](OC(=O)c2ccccc2)[C@]2(O)C[C@H](O)C(C)=C1C2(C)C. The van der Waals surface area contributed by atoms with Gasteiger partial charge in [-0.1, -0.05) is 183 Å². The Morgan fingerprint density at radius 1 is 0.385 bits per heavy atom. The highest BCUT2D eigenvalue weighted by atomic mass is 28.4. The molecule has 33 heteroatoms. The molecule has 3 aliphatic heterocycles. The van der Waals surface area contributed by atoms with Crippen LogP contribution in [0.5, 0.6) is 0 Å². The number of aliphatic hydroxyl groups excluding tert-OH is 4. The van der Waals surface area contributed by atoms with Gasteiger partial charge in [-0.15, -0.1) is 0 Å². The van der Waals surface area contributed by atoms with Crippen molar-refractivity contribution in [2.45, 2.75) is 321 Å². The smallest absolute Gasteiger partial charge is 0.338 e. The average Bonchev–Trinajstić information content (AvgIpc) is 0.674. The summed E-state index contributed by atoms with van der Waals surface area (Å²) in [5.74, 6) is -11.4. The van der Waals surface area contributed by atoms with E-state index in [2.05, 4.69) is 0 Å². The number of esters is 8. The molecule has 12 aliphatic rings. The van der Waals surface area contributed by atoms with Gasteiger partial charge in [0.2, 0.25) is 16.6 Å². The van der Waals surface area contributed by atoms with E-state index in [1.54, 1.807) is 162 Å². The molecule has 5 aromatic rings. The number of Topliss-reactive ketones (excluding diaryl/α,β-unsaturated/α-hetero) is 3. The topological polar surface area (TPSA) is 449 Å². The molecule has 0 radical (unpaired) electrons.